The largest absolute Gasteiger partial charge is 0.491 e. The molecule has 6 heteroatoms. The first-order valence-electron chi connectivity index (χ1n) is 9.48. The van der Waals surface area contributed by atoms with E-state index < -0.39 is 0 Å². The lowest BCUT2D eigenvalue weighted by molar-refractivity contribution is -0.134. The monoisotopic (exact) mass is 360 g/mol. The molecule has 1 aromatic rings. The van der Waals surface area contributed by atoms with Crippen molar-refractivity contribution in [3.8, 4) is 5.75 Å². The van der Waals surface area contributed by atoms with Gasteiger partial charge in [-0.15, -0.1) is 0 Å². The number of carbonyl (C=O) groups excluding carboxylic acids is 2. The SMILES string of the molecule is CC(=O)N1CCC(C(=O)NCc2ccc(OC[C@@H]3CCCO3)cc2)CC1. The zero-order valence-electron chi connectivity index (χ0n) is 15.4. The minimum Gasteiger partial charge on any atom is -0.491 e. The van der Waals surface area contributed by atoms with E-state index in [-0.39, 0.29) is 23.8 Å². The molecule has 0 spiro atoms. The van der Waals surface area contributed by atoms with E-state index in [4.69, 9.17) is 9.47 Å². The molecule has 0 radical (unpaired) electrons. The number of hydrogen-bond donors (Lipinski definition) is 1. The Kier molecular flexibility index (Phi) is 6.50. The van der Waals surface area contributed by atoms with Crippen LogP contribution in [0.2, 0.25) is 0 Å². The number of carbonyl (C=O) groups is 2. The standard InChI is InChI=1S/C20H28N2O4/c1-15(23)22-10-8-17(9-11-22)20(24)21-13-16-4-6-18(7-5-16)26-14-19-3-2-12-25-19/h4-7,17,19H,2-3,8-14H2,1H3,(H,21,24)/t19-/m0/s1. The minimum atomic E-state index is -0.000354. The number of nitrogens with zero attached hydrogens (tertiary/aromatic N) is 1. The molecule has 26 heavy (non-hydrogen) atoms. The molecule has 0 saturated carbocycles. The highest BCUT2D eigenvalue weighted by molar-refractivity contribution is 5.79. The molecule has 0 bridgehead atoms. The third kappa shape index (κ3) is 5.21. The van der Waals surface area contributed by atoms with E-state index in [0.29, 0.717) is 26.2 Å². The van der Waals surface area contributed by atoms with Crippen LogP contribution in [0.1, 0.15) is 38.2 Å². The van der Waals surface area contributed by atoms with Crippen molar-refractivity contribution < 1.29 is 19.1 Å². The van der Waals surface area contributed by atoms with E-state index in [1.165, 1.54) is 0 Å². The summed E-state index contributed by atoms with van der Waals surface area (Å²) in [5.74, 6) is 0.990. The zero-order valence-corrected chi connectivity index (χ0v) is 15.4. The smallest absolute Gasteiger partial charge is 0.223 e. The summed E-state index contributed by atoms with van der Waals surface area (Å²) in [6.07, 6.45) is 3.86. The van der Waals surface area contributed by atoms with Gasteiger partial charge in [0.05, 0.1) is 6.10 Å². The highest BCUT2D eigenvalue weighted by Gasteiger charge is 2.25. The van der Waals surface area contributed by atoms with Gasteiger partial charge in [-0.2, -0.15) is 0 Å². The van der Waals surface area contributed by atoms with Gasteiger partial charge >= 0.3 is 0 Å². The van der Waals surface area contributed by atoms with Crippen molar-refractivity contribution in [2.75, 3.05) is 26.3 Å². The number of rotatable bonds is 6. The number of likely N-dealkylation sites (tertiary alicyclic amines) is 1. The van der Waals surface area contributed by atoms with Crippen molar-refractivity contribution in [2.45, 2.75) is 45.3 Å². The third-order valence-electron chi connectivity index (χ3n) is 5.16. The zero-order chi connectivity index (χ0) is 18.4. The Hall–Kier alpha value is -2.08. The molecular formula is C20H28N2O4. The van der Waals surface area contributed by atoms with Gasteiger partial charge in [0.1, 0.15) is 12.4 Å². The summed E-state index contributed by atoms with van der Waals surface area (Å²) in [5, 5.41) is 3.01. The number of nitrogens with one attached hydrogen (secondary N) is 1. The predicted octanol–water partition coefficient (Wildman–Crippen LogP) is 2.12. The molecule has 2 aliphatic rings. The number of benzene rings is 1. The maximum absolute atomic E-state index is 12.3. The summed E-state index contributed by atoms with van der Waals surface area (Å²) >= 11 is 0. The molecule has 142 valence electrons. The Labute approximate surface area is 154 Å². The van der Waals surface area contributed by atoms with Crippen LogP contribution in [0.3, 0.4) is 0 Å². The lowest BCUT2D eigenvalue weighted by atomic mass is 9.96. The third-order valence-corrected chi connectivity index (χ3v) is 5.16. The molecule has 0 unspecified atom stereocenters. The lowest BCUT2D eigenvalue weighted by Crippen LogP contribution is -2.42. The van der Waals surface area contributed by atoms with Gasteiger partial charge in [-0.3, -0.25) is 9.59 Å². The van der Waals surface area contributed by atoms with Crippen molar-refractivity contribution in [3.05, 3.63) is 29.8 Å². The molecule has 1 aromatic carbocycles. The highest BCUT2D eigenvalue weighted by atomic mass is 16.5. The van der Waals surface area contributed by atoms with Crippen LogP contribution in [-0.2, 0) is 20.9 Å². The van der Waals surface area contributed by atoms with Gasteiger partial charge in [0.25, 0.3) is 0 Å². The fourth-order valence-electron chi connectivity index (χ4n) is 3.46. The molecule has 2 aliphatic heterocycles. The Bertz CT molecular complexity index is 603. The van der Waals surface area contributed by atoms with Gasteiger partial charge < -0.3 is 19.7 Å². The highest BCUT2D eigenvalue weighted by Crippen LogP contribution is 2.19. The molecule has 1 atom stereocenters. The van der Waals surface area contributed by atoms with Crippen LogP contribution >= 0.6 is 0 Å². The number of ether oxygens (including phenoxy) is 2. The maximum Gasteiger partial charge on any atom is 0.223 e. The van der Waals surface area contributed by atoms with Crippen LogP contribution in [0, 0.1) is 5.92 Å². The summed E-state index contributed by atoms with van der Waals surface area (Å²) in [4.78, 5) is 25.5. The van der Waals surface area contributed by atoms with Gasteiger partial charge in [0.2, 0.25) is 11.8 Å². The minimum absolute atomic E-state index is 0.000354. The predicted molar refractivity (Wildman–Crippen MR) is 97.7 cm³/mol. The molecule has 3 rings (SSSR count). The molecule has 6 nitrogen and oxygen atoms in total. The first kappa shape index (κ1) is 18.7. The van der Waals surface area contributed by atoms with Crippen molar-refractivity contribution in [3.63, 3.8) is 0 Å². The summed E-state index contributed by atoms with van der Waals surface area (Å²) in [6, 6.07) is 7.82. The second-order valence-electron chi connectivity index (χ2n) is 7.09. The normalized spacial score (nSPS) is 20.8. The van der Waals surface area contributed by atoms with Crippen LogP contribution in [-0.4, -0.2) is 49.1 Å². The lowest BCUT2D eigenvalue weighted by Gasteiger charge is -2.30. The quantitative estimate of drug-likeness (QED) is 0.844. The van der Waals surface area contributed by atoms with E-state index in [1.807, 2.05) is 24.3 Å². The number of amides is 2. The van der Waals surface area contributed by atoms with Crippen LogP contribution < -0.4 is 10.1 Å². The molecule has 0 aliphatic carbocycles. The van der Waals surface area contributed by atoms with E-state index >= 15 is 0 Å². The van der Waals surface area contributed by atoms with E-state index in [1.54, 1.807) is 11.8 Å². The molecule has 2 amide bonds. The average Bonchev–Trinajstić information content (AvgIpc) is 3.19. The first-order valence-corrected chi connectivity index (χ1v) is 9.48. The van der Waals surface area contributed by atoms with Crippen LogP contribution in [0.5, 0.6) is 5.75 Å². The fraction of sp³-hybridized carbons (Fsp3) is 0.600. The van der Waals surface area contributed by atoms with Crippen LogP contribution in [0.25, 0.3) is 0 Å². The Balaban J connectivity index is 1.38. The maximum atomic E-state index is 12.3. The summed E-state index contributed by atoms with van der Waals surface area (Å²) in [5.41, 5.74) is 1.05. The van der Waals surface area contributed by atoms with Crippen LogP contribution in [0.4, 0.5) is 0 Å². The Morgan fingerprint density at radius 2 is 1.92 bits per heavy atom. The molecule has 2 heterocycles. The van der Waals surface area contributed by atoms with E-state index in [9.17, 15) is 9.59 Å². The molecule has 1 N–H and O–H groups in total. The number of hydrogen-bond acceptors (Lipinski definition) is 4. The Morgan fingerprint density at radius 1 is 1.19 bits per heavy atom. The summed E-state index contributed by atoms with van der Waals surface area (Å²) in [6.45, 7) is 4.86. The second kappa shape index (κ2) is 9.03. The Morgan fingerprint density at radius 3 is 2.54 bits per heavy atom. The van der Waals surface area contributed by atoms with Crippen molar-refractivity contribution >= 4 is 11.8 Å². The van der Waals surface area contributed by atoms with E-state index in [2.05, 4.69) is 5.32 Å². The molecule has 2 saturated heterocycles. The molecule has 0 aromatic heterocycles. The average molecular weight is 360 g/mol. The van der Waals surface area contributed by atoms with Gasteiger partial charge in [0, 0.05) is 39.1 Å². The van der Waals surface area contributed by atoms with Crippen molar-refractivity contribution in [2.24, 2.45) is 5.92 Å². The molecular weight excluding hydrogens is 332 g/mol. The van der Waals surface area contributed by atoms with Gasteiger partial charge in [-0.1, -0.05) is 12.1 Å². The fourth-order valence-corrected chi connectivity index (χ4v) is 3.46. The van der Waals surface area contributed by atoms with Crippen molar-refractivity contribution in [1.29, 1.82) is 0 Å². The van der Waals surface area contributed by atoms with Gasteiger partial charge in [0.15, 0.2) is 0 Å². The second-order valence-corrected chi connectivity index (χ2v) is 7.09. The van der Waals surface area contributed by atoms with Gasteiger partial charge in [-0.05, 0) is 43.4 Å². The van der Waals surface area contributed by atoms with Gasteiger partial charge in [-0.25, -0.2) is 0 Å². The molecule has 2 fully saturated rings. The summed E-state index contributed by atoms with van der Waals surface area (Å²) < 4.78 is 11.3. The summed E-state index contributed by atoms with van der Waals surface area (Å²) in [7, 11) is 0. The van der Waals surface area contributed by atoms with Crippen molar-refractivity contribution in [1.82, 2.24) is 10.2 Å². The topological polar surface area (TPSA) is 67.9 Å². The van der Waals surface area contributed by atoms with Crippen LogP contribution in [0.15, 0.2) is 24.3 Å². The van der Waals surface area contributed by atoms with E-state index in [0.717, 1.165) is 43.6 Å². The number of piperidine rings is 1. The first-order chi connectivity index (χ1) is 12.6.